The van der Waals surface area contributed by atoms with Crippen LogP contribution >= 0.6 is 0 Å². The lowest BCUT2D eigenvalue weighted by Gasteiger charge is -2.17. The Morgan fingerprint density at radius 1 is 1.10 bits per heavy atom. The first-order chi connectivity index (χ1) is 14.3. The second-order valence-corrected chi connectivity index (χ2v) is 6.59. The number of carbonyl (C=O) groups excluding carboxylic acids is 1. The zero-order chi connectivity index (χ0) is 21.5. The van der Waals surface area contributed by atoms with Crippen LogP contribution in [0.5, 0.6) is 0 Å². The lowest BCUT2D eigenvalue weighted by atomic mass is 10.1. The topological polar surface area (TPSA) is 68.3 Å². The first kappa shape index (κ1) is 19.6. The molecule has 154 valence electrons. The van der Waals surface area contributed by atoms with Crippen LogP contribution in [0.25, 0.3) is 16.9 Å². The summed E-state index contributed by atoms with van der Waals surface area (Å²) in [5.74, 6) is 0.275. The molecule has 10 heteroatoms. The van der Waals surface area contributed by atoms with Gasteiger partial charge in [-0.3, -0.25) is 14.1 Å². The first-order valence-electron chi connectivity index (χ1n) is 9.10. The maximum absolute atomic E-state index is 12.9. The van der Waals surface area contributed by atoms with Gasteiger partial charge in [-0.15, -0.1) is 0 Å². The molecule has 0 saturated heterocycles. The third-order valence-electron chi connectivity index (χ3n) is 4.76. The molecule has 4 rings (SSSR count). The molecule has 7 nitrogen and oxygen atoms in total. The van der Waals surface area contributed by atoms with Gasteiger partial charge in [-0.2, -0.15) is 18.3 Å². The number of carbonyl (C=O) groups is 1. The van der Waals surface area contributed by atoms with E-state index in [9.17, 15) is 18.0 Å². The number of anilines is 1. The van der Waals surface area contributed by atoms with Crippen LogP contribution in [0, 0.1) is 0 Å². The molecule has 0 spiro atoms. The third-order valence-corrected chi connectivity index (χ3v) is 4.76. The van der Waals surface area contributed by atoms with Gasteiger partial charge in [-0.05, 0) is 19.1 Å². The highest BCUT2D eigenvalue weighted by atomic mass is 19.4. The van der Waals surface area contributed by atoms with Crippen molar-refractivity contribution in [2.24, 2.45) is 0 Å². The Morgan fingerprint density at radius 3 is 2.50 bits per heavy atom. The third kappa shape index (κ3) is 3.40. The molecule has 0 aliphatic heterocycles. The fourth-order valence-electron chi connectivity index (χ4n) is 3.17. The Hall–Kier alpha value is -3.69. The van der Waals surface area contributed by atoms with Gasteiger partial charge in [0.15, 0.2) is 5.65 Å². The van der Waals surface area contributed by atoms with E-state index in [1.807, 2.05) is 6.92 Å². The molecular formula is C20H17F3N6O. The number of halogens is 3. The number of rotatable bonds is 4. The van der Waals surface area contributed by atoms with E-state index < -0.39 is 11.7 Å². The van der Waals surface area contributed by atoms with Gasteiger partial charge in [-0.25, -0.2) is 14.6 Å². The Morgan fingerprint density at radius 2 is 1.83 bits per heavy atom. The van der Waals surface area contributed by atoms with Gasteiger partial charge in [0.25, 0.3) is 5.91 Å². The van der Waals surface area contributed by atoms with E-state index in [1.54, 1.807) is 28.4 Å². The van der Waals surface area contributed by atoms with E-state index in [0.717, 1.165) is 12.1 Å². The minimum absolute atomic E-state index is 0.167. The lowest BCUT2D eigenvalue weighted by molar-refractivity contribution is -0.137. The van der Waals surface area contributed by atoms with E-state index in [-0.39, 0.29) is 11.6 Å². The van der Waals surface area contributed by atoms with Gasteiger partial charge in [0.1, 0.15) is 11.5 Å². The monoisotopic (exact) mass is 414 g/mol. The molecule has 3 heterocycles. The molecule has 0 atom stereocenters. The fraction of sp³-hybridized carbons (Fsp3) is 0.200. The molecular weight excluding hydrogens is 397 g/mol. The number of hydrogen-bond donors (Lipinski definition) is 0. The largest absolute Gasteiger partial charge is 0.416 e. The molecule has 3 aromatic heterocycles. The fourth-order valence-corrected chi connectivity index (χ4v) is 3.17. The molecule has 30 heavy (non-hydrogen) atoms. The minimum atomic E-state index is -4.41. The van der Waals surface area contributed by atoms with E-state index >= 15 is 0 Å². The summed E-state index contributed by atoms with van der Waals surface area (Å²) in [4.78, 5) is 22.8. The van der Waals surface area contributed by atoms with Gasteiger partial charge in [0, 0.05) is 31.4 Å². The van der Waals surface area contributed by atoms with Crippen molar-refractivity contribution in [3.05, 3.63) is 66.4 Å². The number of hydrogen-bond acceptors (Lipinski definition) is 4. The van der Waals surface area contributed by atoms with Crippen LogP contribution in [0.3, 0.4) is 0 Å². The average molecular weight is 414 g/mol. The van der Waals surface area contributed by atoms with Gasteiger partial charge < -0.3 is 0 Å². The van der Waals surface area contributed by atoms with E-state index in [2.05, 4.69) is 15.1 Å². The van der Waals surface area contributed by atoms with Crippen LogP contribution in [-0.2, 0) is 12.7 Å². The Labute approximate surface area is 169 Å². The van der Waals surface area contributed by atoms with Crippen molar-refractivity contribution in [1.82, 2.24) is 24.1 Å². The number of nitrogens with zero attached hydrogens (tertiary/aromatic N) is 6. The molecule has 0 fully saturated rings. The summed E-state index contributed by atoms with van der Waals surface area (Å²) < 4.78 is 41.8. The highest BCUT2D eigenvalue weighted by Crippen LogP contribution is 2.31. The number of aromatic nitrogens is 5. The van der Waals surface area contributed by atoms with Crippen LogP contribution in [0.1, 0.15) is 23.0 Å². The van der Waals surface area contributed by atoms with Crippen molar-refractivity contribution >= 4 is 17.4 Å². The summed E-state index contributed by atoms with van der Waals surface area (Å²) in [6.45, 7) is 2.52. The maximum Gasteiger partial charge on any atom is 0.416 e. The number of aryl methyl sites for hydroxylation is 1. The standard InChI is InChI=1S/C20H17F3N6O/c1-3-29-18(8-9-26-29)27(2)19(30)15-12-28-16(10-25-17(28)11-24-15)13-4-6-14(7-5-13)20(21,22)23/h4-12H,3H2,1-2H3. The summed E-state index contributed by atoms with van der Waals surface area (Å²) in [5, 5.41) is 4.16. The Kier molecular flexibility index (Phi) is 4.76. The molecule has 0 bridgehead atoms. The van der Waals surface area contributed by atoms with E-state index in [4.69, 9.17) is 0 Å². The number of alkyl halides is 3. The summed E-state index contributed by atoms with van der Waals surface area (Å²) in [7, 11) is 1.63. The van der Waals surface area contributed by atoms with Crippen LogP contribution in [0.4, 0.5) is 19.0 Å². The molecule has 0 unspecified atom stereocenters. The number of imidazole rings is 1. The second-order valence-electron chi connectivity index (χ2n) is 6.59. The van der Waals surface area contributed by atoms with Crippen LogP contribution in [0.2, 0.25) is 0 Å². The Balaban J connectivity index is 1.70. The number of benzene rings is 1. The predicted octanol–water partition coefficient (Wildman–Crippen LogP) is 3.91. The number of amides is 1. The molecule has 0 N–H and O–H groups in total. The molecule has 0 aliphatic rings. The average Bonchev–Trinajstić information content (AvgIpc) is 3.38. The molecule has 0 aliphatic carbocycles. The van der Waals surface area contributed by atoms with Crippen molar-refractivity contribution in [3.8, 4) is 11.3 Å². The van der Waals surface area contributed by atoms with Gasteiger partial charge >= 0.3 is 6.18 Å². The maximum atomic E-state index is 12.9. The van der Waals surface area contributed by atoms with E-state index in [0.29, 0.717) is 29.3 Å². The zero-order valence-corrected chi connectivity index (χ0v) is 16.1. The lowest BCUT2D eigenvalue weighted by Crippen LogP contribution is -2.29. The summed E-state index contributed by atoms with van der Waals surface area (Å²) in [6, 6.07) is 6.51. The van der Waals surface area contributed by atoms with Crippen molar-refractivity contribution in [2.45, 2.75) is 19.6 Å². The number of fused-ring (bicyclic) bond motifs is 1. The van der Waals surface area contributed by atoms with Crippen molar-refractivity contribution in [2.75, 3.05) is 11.9 Å². The first-order valence-corrected chi connectivity index (χ1v) is 9.10. The summed E-state index contributed by atoms with van der Waals surface area (Å²) >= 11 is 0. The highest BCUT2D eigenvalue weighted by Gasteiger charge is 2.30. The smallest absolute Gasteiger partial charge is 0.296 e. The van der Waals surface area contributed by atoms with Crippen LogP contribution in [-0.4, -0.2) is 37.1 Å². The zero-order valence-electron chi connectivity index (χ0n) is 16.1. The van der Waals surface area contributed by atoms with Gasteiger partial charge in [0.2, 0.25) is 0 Å². The second kappa shape index (κ2) is 7.29. The van der Waals surface area contributed by atoms with E-state index in [1.165, 1.54) is 35.6 Å². The molecule has 4 aromatic rings. The molecule has 1 amide bonds. The Bertz CT molecular complexity index is 1210. The van der Waals surface area contributed by atoms with Gasteiger partial charge in [-0.1, -0.05) is 12.1 Å². The van der Waals surface area contributed by atoms with Crippen molar-refractivity contribution in [1.29, 1.82) is 0 Å². The molecule has 0 radical (unpaired) electrons. The normalized spacial score (nSPS) is 11.8. The van der Waals surface area contributed by atoms with Crippen LogP contribution in [0.15, 0.2) is 55.1 Å². The van der Waals surface area contributed by atoms with Crippen molar-refractivity contribution in [3.63, 3.8) is 0 Å². The highest BCUT2D eigenvalue weighted by molar-refractivity contribution is 6.03. The van der Waals surface area contributed by atoms with Gasteiger partial charge in [0.05, 0.1) is 29.8 Å². The minimum Gasteiger partial charge on any atom is -0.296 e. The molecule has 1 aromatic carbocycles. The predicted molar refractivity (Wildman–Crippen MR) is 104 cm³/mol. The quantitative estimate of drug-likeness (QED) is 0.508. The summed E-state index contributed by atoms with van der Waals surface area (Å²) in [6.07, 6.45) is 1.71. The summed E-state index contributed by atoms with van der Waals surface area (Å²) in [5.41, 5.74) is 1.00. The van der Waals surface area contributed by atoms with Crippen molar-refractivity contribution < 1.29 is 18.0 Å². The SMILES string of the molecule is CCn1nccc1N(C)C(=O)c1cn2c(-c3ccc(C(F)(F)F)cc3)cnc2cn1. The molecule has 0 saturated carbocycles. The van der Waals surface area contributed by atoms with Crippen LogP contribution < -0.4 is 4.90 Å².